The number of hydrogen-bond donors (Lipinski definition) is 0. The molecular formula is C18H10FN3O2S. The molecule has 0 saturated heterocycles. The van der Waals surface area contributed by atoms with Gasteiger partial charge in [-0.3, -0.25) is 10.1 Å². The summed E-state index contributed by atoms with van der Waals surface area (Å²) in [5, 5.41) is 22.4. The summed E-state index contributed by atoms with van der Waals surface area (Å²) in [4.78, 5) is 14.8. The highest BCUT2D eigenvalue weighted by atomic mass is 32.1. The number of rotatable bonds is 4. The summed E-state index contributed by atoms with van der Waals surface area (Å²) in [7, 11) is 0. The molecule has 0 aliphatic heterocycles. The van der Waals surface area contributed by atoms with E-state index in [0.29, 0.717) is 21.8 Å². The third-order valence-electron chi connectivity index (χ3n) is 3.41. The van der Waals surface area contributed by atoms with E-state index in [1.807, 2.05) is 6.07 Å². The zero-order valence-corrected chi connectivity index (χ0v) is 13.5. The predicted molar refractivity (Wildman–Crippen MR) is 94.1 cm³/mol. The zero-order chi connectivity index (χ0) is 17.8. The van der Waals surface area contributed by atoms with Gasteiger partial charge in [-0.15, -0.1) is 11.3 Å². The molecule has 1 heterocycles. The van der Waals surface area contributed by atoms with Crippen LogP contribution >= 0.6 is 11.3 Å². The lowest BCUT2D eigenvalue weighted by Crippen LogP contribution is -1.88. The molecule has 0 bridgehead atoms. The largest absolute Gasteiger partial charge is 0.270 e. The maximum atomic E-state index is 13.8. The van der Waals surface area contributed by atoms with Crippen molar-refractivity contribution in [3.63, 3.8) is 0 Å². The van der Waals surface area contributed by atoms with E-state index < -0.39 is 10.7 Å². The van der Waals surface area contributed by atoms with Gasteiger partial charge in [0.25, 0.3) is 5.69 Å². The Labute approximate surface area is 146 Å². The van der Waals surface area contributed by atoms with E-state index in [-0.39, 0.29) is 11.3 Å². The van der Waals surface area contributed by atoms with Crippen molar-refractivity contribution in [2.45, 2.75) is 0 Å². The number of nitro groups is 1. The van der Waals surface area contributed by atoms with Crippen LogP contribution in [0.3, 0.4) is 0 Å². The molecule has 0 unspecified atom stereocenters. The first-order valence-corrected chi connectivity index (χ1v) is 8.03. The number of nitro benzene ring substituents is 1. The smallest absolute Gasteiger partial charge is 0.258 e. The van der Waals surface area contributed by atoms with Crippen LogP contribution in [-0.4, -0.2) is 9.91 Å². The van der Waals surface area contributed by atoms with Gasteiger partial charge >= 0.3 is 0 Å². The van der Waals surface area contributed by atoms with Crippen LogP contribution in [-0.2, 0) is 0 Å². The van der Waals surface area contributed by atoms with Crippen LogP contribution in [0.4, 0.5) is 10.1 Å². The molecule has 0 aliphatic rings. The fourth-order valence-corrected chi connectivity index (χ4v) is 2.99. The fourth-order valence-electron chi connectivity index (χ4n) is 2.20. The summed E-state index contributed by atoms with van der Waals surface area (Å²) in [6.07, 6.45) is 1.44. The van der Waals surface area contributed by atoms with Crippen molar-refractivity contribution in [3.8, 4) is 17.3 Å². The minimum Gasteiger partial charge on any atom is -0.258 e. The van der Waals surface area contributed by atoms with Crippen LogP contribution in [0.25, 0.3) is 22.9 Å². The Kier molecular flexibility index (Phi) is 4.64. The molecule has 0 N–H and O–H groups in total. The van der Waals surface area contributed by atoms with Gasteiger partial charge in [-0.2, -0.15) is 5.26 Å². The Balaban J connectivity index is 1.98. The monoisotopic (exact) mass is 351 g/mol. The maximum absolute atomic E-state index is 13.8. The van der Waals surface area contributed by atoms with Crippen LogP contribution in [0.15, 0.2) is 53.9 Å². The number of halogens is 1. The van der Waals surface area contributed by atoms with Crippen molar-refractivity contribution in [2.75, 3.05) is 0 Å². The highest BCUT2D eigenvalue weighted by Gasteiger charge is 2.12. The van der Waals surface area contributed by atoms with Crippen LogP contribution in [0, 0.1) is 27.3 Å². The minimum absolute atomic E-state index is 0.0329. The van der Waals surface area contributed by atoms with Gasteiger partial charge in [0.1, 0.15) is 16.9 Å². The van der Waals surface area contributed by atoms with E-state index in [9.17, 15) is 19.8 Å². The van der Waals surface area contributed by atoms with Crippen LogP contribution in [0.2, 0.25) is 0 Å². The normalized spacial score (nSPS) is 11.1. The summed E-state index contributed by atoms with van der Waals surface area (Å²) in [6, 6.07) is 14.3. The molecule has 122 valence electrons. The van der Waals surface area contributed by atoms with Crippen LogP contribution in [0.5, 0.6) is 0 Å². The molecule has 0 atom stereocenters. The molecular weight excluding hydrogens is 341 g/mol. The van der Waals surface area contributed by atoms with Crippen molar-refractivity contribution in [1.29, 1.82) is 5.26 Å². The number of benzene rings is 2. The Morgan fingerprint density at radius 2 is 2.08 bits per heavy atom. The number of aromatic nitrogens is 1. The first-order valence-electron chi connectivity index (χ1n) is 7.15. The topological polar surface area (TPSA) is 79.8 Å². The quantitative estimate of drug-likeness (QED) is 0.379. The molecule has 0 fully saturated rings. The molecule has 0 amide bonds. The number of non-ortho nitro benzene ring substituents is 1. The summed E-state index contributed by atoms with van der Waals surface area (Å²) in [6.45, 7) is 0. The molecule has 2 aromatic carbocycles. The number of thiazole rings is 1. The Morgan fingerprint density at radius 1 is 1.28 bits per heavy atom. The highest BCUT2D eigenvalue weighted by molar-refractivity contribution is 7.11. The summed E-state index contributed by atoms with van der Waals surface area (Å²) in [5.41, 5.74) is 1.60. The number of nitrogens with zero attached hydrogens (tertiary/aromatic N) is 3. The van der Waals surface area contributed by atoms with Crippen LogP contribution < -0.4 is 0 Å². The van der Waals surface area contributed by atoms with Crippen molar-refractivity contribution in [3.05, 3.63) is 80.4 Å². The third-order valence-corrected chi connectivity index (χ3v) is 4.29. The second-order valence-corrected chi connectivity index (χ2v) is 5.89. The van der Waals surface area contributed by atoms with Gasteiger partial charge < -0.3 is 0 Å². The van der Waals surface area contributed by atoms with Gasteiger partial charge in [-0.25, -0.2) is 9.37 Å². The first-order chi connectivity index (χ1) is 12.1. The summed E-state index contributed by atoms with van der Waals surface area (Å²) < 4.78 is 13.8. The Hall–Kier alpha value is -3.37. The maximum Gasteiger partial charge on any atom is 0.270 e. The van der Waals surface area contributed by atoms with E-state index in [1.165, 1.54) is 35.6 Å². The SMILES string of the molecule is N#C/C(=C/c1ccccc1F)c1nc(-c2cccc([N+](=O)[O-])c2)cs1. The van der Waals surface area contributed by atoms with Gasteiger partial charge in [0.2, 0.25) is 0 Å². The number of nitriles is 1. The molecule has 0 aliphatic carbocycles. The summed E-state index contributed by atoms with van der Waals surface area (Å²) in [5.74, 6) is -0.425. The first kappa shape index (κ1) is 16.5. The van der Waals surface area contributed by atoms with Crippen LogP contribution in [0.1, 0.15) is 10.6 Å². The van der Waals surface area contributed by atoms with Gasteiger partial charge in [0.05, 0.1) is 16.2 Å². The second kappa shape index (κ2) is 7.03. The van der Waals surface area contributed by atoms with E-state index in [4.69, 9.17) is 0 Å². The number of allylic oxidation sites excluding steroid dienone is 1. The molecule has 5 nitrogen and oxygen atoms in total. The molecule has 0 radical (unpaired) electrons. The van der Waals surface area contributed by atoms with E-state index in [0.717, 1.165) is 0 Å². The molecule has 1 aromatic heterocycles. The van der Waals surface area contributed by atoms with E-state index >= 15 is 0 Å². The van der Waals surface area contributed by atoms with Gasteiger partial charge in [-0.05, 0) is 12.1 Å². The fraction of sp³-hybridized carbons (Fsp3) is 0. The molecule has 25 heavy (non-hydrogen) atoms. The lowest BCUT2D eigenvalue weighted by atomic mass is 10.1. The summed E-state index contributed by atoms with van der Waals surface area (Å²) >= 11 is 1.22. The molecule has 3 rings (SSSR count). The lowest BCUT2D eigenvalue weighted by Gasteiger charge is -1.98. The van der Waals surface area contributed by atoms with Gasteiger partial charge in [0.15, 0.2) is 0 Å². The Morgan fingerprint density at radius 3 is 2.80 bits per heavy atom. The minimum atomic E-state index is -0.477. The average Bonchev–Trinajstić information content (AvgIpc) is 3.11. The molecule has 0 saturated carbocycles. The van der Waals surface area contributed by atoms with E-state index in [1.54, 1.807) is 35.7 Å². The third kappa shape index (κ3) is 3.59. The zero-order valence-electron chi connectivity index (χ0n) is 12.7. The second-order valence-electron chi connectivity index (χ2n) is 5.04. The van der Waals surface area contributed by atoms with E-state index in [2.05, 4.69) is 4.98 Å². The average molecular weight is 351 g/mol. The predicted octanol–water partition coefficient (Wildman–Crippen LogP) is 4.92. The standard InChI is InChI=1S/C18H10FN3O2S/c19-16-7-2-1-4-12(16)8-14(10-20)18-21-17(11-25-18)13-5-3-6-15(9-13)22(23)24/h1-9,11H/b14-8-. The molecule has 3 aromatic rings. The highest BCUT2D eigenvalue weighted by Crippen LogP contribution is 2.29. The van der Waals surface area contributed by atoms with Crippen molar-refractivity contribution in [1.82, 2.24) is 4.98 Å². The number of hydrogen-bond acceptors (Lipinski definition) is 5. The Bertz CT molecular complexity index is 1020. The molecule has 7 heteroatoms. The van der Waals surface area contributed by atoms with Crippen molar-refractivity contribution in [2.24, 2.45) is 0 Å². The molecule has 0 spiro atoms. The van der Waals surface area contributed by atoms with Crippen molar-refractivity contribution >= 4 is 28.7 Å². The van der Waals surface area contributed by atoms with Gasteiger partial charge in [-0.1, -0.05) is 30.3 Å². The lowest BCUT2D eigenvalue weighted by molar-refractivity contribution is -0.384. The van der Waals surface area contributed by atoms with Crippen molar-refractivity contribution < 1.29 is 9.31 Å². The van der Waals surface area contributed by atoms with Gasteiger partial charge in [0, 0.05) is 28.6 Å².